The molecule has 0 bridgehead atoms. The fraction of sp³-hybridized carbons (Fsp3) is 0.583. The lowest BCUT2D eigenvalue weighted by molar-refractivity contribution is 0.0729. The Kier molecular flexibility index (Phi) is 5.62. The molecule has 182 valence electrons. The second-order valence-corrected chi connectivity index (χ2v) is 12.2. The molecule has 3 fully saturated rings. The molecule has 9 nitrogen and oxygen atoms in total. The minimum Gasteiger partial charge on any atom is -0.486 e. The Hall–Kier alpha value is -2.43. The maximum Gasteiger partial charge on any atom is 0.153 e. The van der Waals surface area contributed by atoms with Gasteiger partial charge in [0.05, 0.1) is 22.8 Å². The Labute approximate surface area is 200 Å². The number of hydrogen-bond donors (Lipinski definition) is 2. The van der Waals surface area contributed by atoms with Crippen molar-refractivity contribution in [2.45, 2.75) is 38.3 Å². The molecule has 6 rings (SSSR count). The molecule has 0 radical (unpaired) electrons. The zero-order valence-electron chi connectivity index (χ0n) is 19.6. The van der Waals surface area contributed by atoms with Crippen molar-refractivity contribution in [1.82, 2.24) is 20.2 Å². The number of fused-ring (bicyclic) bond motifs is 2. The van der Waals surface area contributed by atoms with Crippen LogP contribution in [0.5, 0.6) is 5.75 Å². The van der Waals surface area contributed by atoms with Crippen LogP contribution in [0.2, 0.25) is 0 Å². The van der Waals surface area contributed by atoms with Gasteiger partial charge in [-0.15, -0.1) is 0 Å². The number of aromatic nitrogens is 2. The smallest absolute Gasteiger partial charge is 0.153 e. The van der Waals surface area contributed by atoms with Gasteiger partial charge in [0.2, 0.25) is 0 Å². The number of piperidine rings is 1. The van der Waals surface area contributed by atoms with Gasteiger partial charge in [-0.2, -0.15) is 0 Å². The molecule has 1 aromatic carbocycles. The van der Waals surface area contributed by atoms with Crippen molar-refractivity contribution in [3.8, 4) is 5.75 Å². The molecule has 0 amide bonds. The summed E-state index contributed by atoms with van der Waals surface area (Å²) in [5.74, 6) is 3.19. The van der Waals surface area contributed by atoms with Gasteiger partial charge in [-0.1, -0.05) is 6.07 Å². The van der Waals surface area contributed by atoms with Gasteiger partial charge in [0.15, 0.2) is 9.84 Å². The molecular weight excluding hydrogens is 452 g/mol. The second-order valence-electron chi connectivity index (χ2n) is 9.92. The maximum atomic E-state index is 11.9. The summed E-state index contributed by atoms with van der Waals surface area (Å²) in [5, 5.41) is 6.97. The molecule has 0 aliphatic carbocycles. The zero-order chi connectivity index (χ0) is 23.3. The van der Waals surface area contributed by atoms with E-state index in [1.165, 1.54) is 18.4 Å². The van der Waals surface area contributed by atoms with Crippen LogP contribution >= 0.6 is 0 Å². The molecule has 0 atom stereocenters. The van der Waals surface area contributed by atoms with Crippen molar-refractivity contribution in [1.29, 1.82) is 0 Å². The number of nitrogens with zero attached hydrogens (tertiary/aromatic N) is 4. The molecule has 3 saturated heterocycles. The molecular formula is C24H32N6O3S. The summed E-state index contributed by atoms with van der Waals surface area (Å²) in [4.78, 5) is 13.7. The number of anilines is 3. The lowest BCUT2D eigenvalue weighted by atomic mass is 9.87. The predicted molar refractivity (Wildman–Crippen MR) is 132 cm³/mol. The van der Waals surface area contributed by atoms with Gasteiger partial charge in [0, 0.05) is 38.1 Å². The Morgan fingerprint density at radius 1 is 1.09 bits per heavy atom. The minimum atomic E-state index is -2.96. The standard InChI is InChI=1S/C24H32N6O3S/c1-16-10-17(18-12-30(13-18)19-2-4-25-5-3-19)11-21-22(16)33-14-20-23(28-21)26-15-27-24(20)29-6-8-34(31,32)9-7-29/h10-11,15,18-19,25H,2-9,12-14H2,1H3,(H,26,27,28). The number of benzene rings is 1. The Morgan fingerprint density at radius 2 is 1.85 bits per heavy atom. The monoisotopic (exact) mass is 484 g/mol. The first-order valence-electron chi connectivity index (χ1n) is 12.3. The van der Waals surface area contributed by atoms with Crippen LogP contribution in [-0.2, 0) is 16.4 Å². The van der Waals surface area contributed by atoms with Crippen LogP contribution in [0.3, 0.4) is 0 Å². The average molecular weight is 485 g/mol. The normalized spacial score (nSPS) is 23.1. The van der Waals surface area contributed by atoms with Crippen LogP contribution in [0.1, 0.15) is 35.4 Å². The van der Waals surface area contributed by atoms with Gasteiger partial charge >= 0.3 is 0 Å². The summed E-state index contributed by atoms with van der Waals surface area (Å²) in [5.41, 5.74) is 4.28. The van der Waals surface area contributed by atoms with E-state index in [-0.39, 0.29) is 11.5 Å². The molecule has 2 N–H and O–H groups in total. The van der Waals surface area contributed by atoms with Crippen LogP contribution < -0.4 is 20.3 Å². The van der Waals surface area contributed by atoms with Crippen molar-refractivity contribution in [3.63, 3.8) is 0 Å². The van der Waals surface area contributed by atoms with Gasteiger partial charge in [-0.05, 0) is 50.0 Å². The summed E-state index contributed by atoms with van der Waals surface area (Å²) in [6.45, 7) is 7.82. The topological polar surface area (TPSA) is 99.7 Å². The number of aryl methyl sites for hydroxylation is 1. The van der Waals surface area contributed by atoms with Gasteiger partial charge < -0.3 is 20.3 Å². The summed E-state index contributed by atoms with van der Waals surface area (Å²) < 4.78 is 30.0. The molecule has 10 heteroatoms. The lowest BCUT2D eigenvalue weighted by Gasteiger charge is -2.46. The first-order valence-corrected chi connectivity index (χ1v) is 14.1. The Bertz CT molecular complexity index is 1180. The molecule has 5 heterocycles. The SMILES string of the molecule is Cc1cc(C2CN(C3CCNCC3)C2)cc2c1OCc1c(ncnc1N1CCS(=O)(=O)CC1)N2. The maximum absolute atomic E-state index is 11.9. The number of ether oxygens (including phenoxy) is 1. The third-order valence-electron chi connectivity index (χ3n) is 7.68. The largest absolute Gasteiger partial charge is 0.486 e. The molecule has 1 aromatic heterocycles. The van der Waals surface area contributed by atoms with Crippen molar-refractivity contribution < 1.29 is 13.2 Å². The molecule has 4 aliphatic rings. The summed E-state index contributed by atoms with van der Waals surface area (Å²) in [6.07, 6.45) is 4.04. The fourth-order valence-corrected chi connectivity index (χ4v) is 6.83. The van der Waals surface area contributed by atoms with E-state index in [0.29, 0.717) is 31.7 Å². The van der Waals surface area contributed by atoms with E-state index < -0.39 is 9.84 Å². The van der Waals surface area contributed by atoms with Crippen LogP contribution in [0, 0.1) is 6.92 Å². The van der Waals surface area contributed by atoms with Crippen LogP contribution in [0.4, 0.5) is 17.3 Å². The van der Waals surface area contributed by atoms with E-state index in [4.69, 9.17) is 4.74 Å². The highest BCUT2D eigenvalue weighted by Gasteiger charge is 2.35. The highest BCUT2D eigenvalue weighted by Crippen LogP contribution is 2.41. The predicted octanol–water partition coefficient (Wildman–Crippen LogP) is 1.81. The molecule has 0 spiro atoms. The molecule has 0 unspecified atom stereocenters. The minimum absolute atomic E-state index is 0.151. The first-order chi connectivity index (χ1) is 16.5. The summed E-state index contributed by atoms with van der Waals surface area (Å²) in [6, 6.07) is 5.20. The average Bonchev–Trinajstić information content (AvgIpc) is 2.98. The van der Waals surface area contributed by atoms with E-state index in [9.17, 15) is 8.42 Å². The fourth-order valence-electron chi connectivity index (χ4n) is 5.63. The van der Waals surface area contributed by atoms with E-state index in [2.05, 4.69) is 44.6 Å². The second kappa shape index (κ2) is 8.66. The number of nitrogens with one attached hydrogen (secondary N) is 2. The van der Waals surface area contributed by atoms with Crippen molar-refractivity contribution in [3.05, 3.63) is 35.2 Å². The highest BCUT2D eigenvalue weighted by atomic mass is 32.2. The van der Waals surface area contributed by atoms with Crippen molar-refractivity contribution in [2.24, 2.45) is 0 Å². The van der Waals surface area contributed by atoms with E-state index in [1.54, 1.807) is 6.33 Å². The lowest BCUT2D eigenvalue weighted by Crippen LogP contribution is -2.53. The van der Waals surface area contributed by atoms with E-state index in [0.717, 1.165) is 60.4 Å². The quantitative estimate of drug-likeness (QED) is 0.676. The Morgan fingerprint density at radius 3 is 2.62 bits per heavy atom. The summed E-state index contributed by atoms with van der Waals surface area (Å²) in [7, 11) is -2.96. The first kappa shape index (κ1) is 22.1. The number of hydrogen-bond acceptors (Lipinski definition) is 9. The van der Waals surface area contributed by atoms with E-state index >= 15 is 0 Å². The summed E-state index contributed by atoms with van der Waals surface area (Å²) >= 11 is 0. The molecule has 34 heavy (non-hydrogen) atoms. The van der Waals surface area contributed by atoms with Gasteiger partial charge in [0.1, 0.15) is 30.3 Å². The highest BCUT2D eigenvalue weighted by molar-refractivity contribution is 7.91. The van der Waals surface area contributed by atoms with Gasteiger partial charge in [0.25, 0.3) is 0 Å². The molecule has 4 aliphatic heterocycles. The Balaban J connectivity index is 1.22. The zero-order valence-corrected chi connectivity index (χ0v) is 20.4. The third kappa shape index (κ3) is 4.12. The van der Waals surface area contributed by atoms with E-state index in [1.807, 2.05) is 4.90 Å². The van der Waals surface area contributed by atoms with Gasteiger partial charge in [-0.3, -0.25) is 4.90 Å². The molecule has 0 saturated carbocycles. The van der Waals surface area contributed by atoms with Crippen LogP contribution in [0.15, 0.2) is 18.5 Å². The van der Waals surface area contributed by atoms with Crippen LogP contribution in [0.25, 0.3) is 0 Å². The third-order valence-corrected chi connectivity index (χ3v) is 9.29. The number of likely N-dealkylation sites (tertiary alicyclic amines) is 1. The molecule has 2 aromatic rings. The number of rotatable bonds is 3. The van der Waals surface area contributed by atoms with Gasteiger partial charge in [-0.25, -0.2) is 18.4 Å². The van der Waals surface area contributed by atoms with Crippen molar-refractivity contribution >= 4 is 27.2 Å². The van der Waals surface area contributed by atoms with Crippen molar-refractivity contribution in [2.75, 3.05) is 61.0 Å². The van der Waals surface area contributed by atoms with Crippen LogP contribution in [-0.4, -0.2) is 80.1 Å². The number of sulfone groups is 1.